The van der Waals surface area contributed by atoms with Crippen molar-refractivity contribution in [3.05, 3.63) is 41.7 Å². The summed E-state index contributed by atoms with van der Waals surface area (Å²) in [6, 6.07) is 6.20. The lowest BCUT2D eigenvalue weighted by Gasteiger charge is -1.97. The molecule has 0 radical (unpaired) electrons. The average molecular weight is 208 g/mol. The fourth-order valence-electron chi connectivity index (χ4n) is 1.06. The van der Waals surface area contributed by atoms with E-state index >= 15 is 0 Å². The molecule has 0 heterocycles. The highest BCUT2D eigenvalue weighted by atomic mass is 19.1. The van der Waals surface area contributed by atoms with Gasteiger partial charge in [-0.15, -0.1) is 0 Å². The molecule has 0 aliphatic rings. The fraction of sp³-hybridized carbons (Fsp3) is 0.250. The zero-order valence-electron chi connectivity index (χ0n) is 8.57. The third-order valence-electron chi connectivity index (χ3n) is 1.77. The second-order valence-corrected chi connectivity index (χ2v) is 3.08. The quantitative estimate of drug-likeness (QED) is 0.561. The number of esters is 1. The Hall–Kier alpha value is -1.64. The van der Waals surface area contributed by atoms with Crippen molar-refractivity contribution in [3.8, 4) is 0 Å². The van der Waals surface area contributed by atoms with Gasteiger partial charge in [0.1, 0.15) is 5.82 Å². The van der Waals surface area contributed by atoms with Gasteiger partial charge in [0.2, 0.25) is 0 Å². The molecule has 0 saturated heterocycles. The third kappa shape index (κ3) is 4.96. The molecule has 0 fully saturated rings. The predicted octanol–water partition coefficient (Wildman–Crippen LogP) is 2.79. The normalized spacial score (nSPS) is 10.5. The highest BCUT2D eigenvalue weighted by molar-refractivity contribution is 5.65. The van der Waals surface area contributed by atoms with E-state index in [4.69, 9.17) is 4.74 Å². The van der Waals surface area contributed by atoms with Crippen molar-refractivity contribution in [2.45, 2.75) is 13.3 Å². The second kappa shape index (κ2) is 5.96. The van der Waals surface area contributed by atoms with Crippen LogP contribution in [0.1, 0.15) is 18.9 Å². The van der Waals surface area contributed by atoms with Gasteiger partial charge in [-0.25, -0.2) is 4.39 Å². The first-order valence-electron chi connectivity index (χ1n) is 4.74. The van der Waals surface area contributed by atoms with Gasteiger partial charge in [-0.3, -0.25) is 4.79 Å². The molecule has 1 aromatic carbocycles. The molecular formula is C12H13FO2. The summed E-state index contributed by atoms with van der Waals surface area (Å²) in [7, 11) is 0. The van der Waals surface area contributed by atoms with E-state index in [2.05, 4.69) is 0 Å². The molecule has 0 N–H and O–H groups in total. The van der Waals surface area contributed by atoms with Crippen molar-refractivity contribution in [1.82, 2.24) is 0 Å². The molecule has 0 amide bonds. The van der Waals surface area contributed by atoms with Gasteiger partial charge < -0.3 is 4.74 Å². The highest BCUT2D eigenvalue weighted by Crippen LogP contribution is 2.05. The molecule has 0 saturated carbocycles. The fourth-order valence-corrected chi connectivity index (χ4v) is 1.06. The Morgan fingerprint density at radius 1 is 1.40 bits per heavy atom. The third-order valence-corrected chi connectivity index (χ3v) is 1.77. The molecule has 0 aliphatic carbocycles. The van der Waals surface area contributed by atoms with Gasteiger partial charge in [0.05, 0.1) is 6.61 Å². The molecule has 15 heavy (non-hydrogen) atoms. The van der Waals surface area contributed by atoms with Crippen LogP contribution in [0.15, 0.2) is 30.3 Å². The van der Waals surface area contributed by atoms with Gasteiger partial charge in [-0.1, -0.05) is 24.3 Å². The summed E-state index contributed by atoms with van der Waals surface area (Å²) in [6.07, 6.45) is 4.41. The Morgan fingerprint density at radius 2 is 2.07 bits per heavy atom. The summed E-state index contributed by atoms with van der Waals surface area (Å²) >= 11 is 0. The van der Waals surface area contributed by atoms with Gasteiger partial charge in [0.15, 0.2) is 0 Å². The zero-order chi connectivity index (χ0) is 11.1. The van der Waals surface area contributed by atoms with Gasteiger partial charge in [0, 0.05) is 6.92 Å². The monoisotopic (exact) mass is 208 g/mol. The minimum absolute atomic E-state index is 0.243. The topological polar surface area (TPSA) is 26.3 Å². The van der Waals surface area contributed by atoms with E-state index in [0.29, 0.717) is 13.0 Å². The van der Waals surface area contributed by atoms with Gasteiger partial charge in [-0.05, 0) is 24.1 Å². The van der Waals surface area contributed by atoms with Crippen LogP contribution in [0.4, 0.5) is 4.39 Å². The molecular weight excluding hydrogens is 195 g/mol. The maximum atomic E-state index is 12.5. The number of hydrogen-bond donors (Lipinski definition) is 0. The van der Waals surface area contributed by atoms with Crippen LogP contribution in [-0.4, -0.2) is 12.6 Å². The average Bonchev–Trinajstić information content (AvgIpc) is 2.20. The van der Waals surface area contributed by atoms with Crippen molar-refractivity contribution in [3.63, 3.8) is 0 Å². The minimum Gasteiger partial charge on any atom is -0.466 e. The Labute approximate surface area is 88.4 Å². The Kier molecular flexibility index (Phi) is 4.54. The first kappa shape index (κ1) is 11.4. The molecule has 0 bridgehead atoms. The highest BCUT2D eigenvalue weighted by Gasteiger charge is 1.90. The number of benzene rings is 1. The van der Waals surface area contributed by atoms with E-state index in [0.717, 1.165) is 5.56 Å². The summed E-state index contributed by atoms with van der Waals surface area (Å²) in [5.74, 6) is -0.516. The van der Waals surface area contributed by atoms with Gasteiger partial charge in [-0.2, -0.15) is 0 Å². The number of rotatable bonds is 4. The van der Waals surface area contributed by atoms with Crippen LogP contribution in [0.5, 0.6) is 0 Å². The molecule has 3 heteroatoms. The number of carbonyl (C=O) groups excluding carboxylic acids is 1. The molecule has 0 unspecified atom stereocenters. The molecule has 0 spiro atoms. The number of halogens is 1. The SMILES string of the molecule is CC(=O)OCC/C=C/c1ccc(F)cc1. The lowest BCUT2D eigenvalue weighted by Crippen LogP contribution is -1.98. The molecule has 1 rings (SSSR count). The molecule has 1 aromatic rings. The van der Waals surface area contributed by atoms with Crippen molar-refractivity contribution < 1.29 is 13.9 Å². The molecule has 0 atom stereocenters. The maximum Gasteiger partial charge on any atom is 0.302 e. The summed E-state index contributed by atoms with van der Waals surface area (Å²) in [5.41, 5.74) is 0.930. The van der Waals surface area contributed by atoms with E-state index < -0.39 is 0 Å². The number of carbonyl (C=O) groups is 1. The van der Waals surface area contributed by atoms with E-state index in [-0.39, 0.29) is 11.8 Å². The smallest absolute Gasteiger partial charge is 0.302 e. The van der Waals surface area contributed by atoms with Crippen molar-refractivity contribution in [2.75, 3.05) is 6.61 Å². The summed E-state index contributed by atoms with van der Waals surface area (Å²) < 4.78 is 17.3. The summed E-state index contributed by atoms with van der Waals surface area (Å²) in [4.78, 5) is 10.4. The van der Waals surface area contributed by atoms with Gasteiger partial charge >= 0.3 is 5.97 Å². The largest absolute Gasteiger partial charge is 0.466 e. The van der Waals surface area contributed by atoms with E-state index in [1.165, 1.54) is 19.1 Å². The van der Waals surface area contributed by atoms with Crippen LogP contribution < -0.4 is 0 Å². The van der Waals surface area contributed by atoms with Crippen molar-refractivity contribution in [1.29, 1.82) is 0 Å². The maximum absolute atomic E-state index is 12.5. The lowest BCUT2D eigenvalue weighted by molar-refractivity contribution is -0.140. The van der Waals surface area contributed by atoms with Crippen LogP contribution in [0.3, 0.4) is 0 Å². The van der Waals surface area contributed by atoms with Crippen LogP contribution in [0.25, 0.3) is 6.08 Å². The Balaban J connectivity index is 2.32. The Bertz CT molecular complexity index is 341. The van der Waals surface area contributed by atoms with E-state index in [9.17, 15) is 9.18 Å². The Morgan fingerprint density at radius 3 is 2.67 bits per heavy atom. The van der Waals surface area contributed by atoms with Crippen LogP contribution in [0, 0.1) is 5.82 Å². The molecule has 0 aliphatic heterocycles. The molecule has 2 nitrogen and oxygen atoms in total. The number of ether oxygens (including phenoxy) is 1. The lowest BCUT2D eigenvalue weighted by atomic mass is 10.2. The standard InChI is InChI=1S/C12H13FO2/c1-10(14)15-9-3-2-4-11-5-7-12(13)8-6-11/h2,4-8H,3,9H2,1H3/b4-2+. The summed E-state index contributed by atoms with van der Waals surface area (Å²) in [5, 5.41) is 0. The van der Waals surface area contributed by atoms with Crippen molar-refractivity contribution >= 4 is 12.0 Å². The molecule has 0 aromatic heterocycles. The van der Waals surface area contributed by atoms with Crippen LogP contribution in [0.2, 0.25) is 0 Å². The van der Waals surface area contributed by atoms with Crippen LogP contribution >= 0.6 is 0 Å². The predicted molar refractivity (Wildman–Crippen MR) is 56.7 cm³/mol. The zero-order valence-corrected chi connectivity index (χ0v) is 8.57. The number of hydrogen-bond acceptors (Lipinski definition) is 2. The first-order chi connectivity index (χ1) is 7.18. The van der Waals surface area contributed by atoms with E-state index in [1.807, 2.05) is 12.2 Å². The summed E-state index contributed by atoms with van der Waals surface area (Å²) in [6.45, 7) is 1.76. The molecule has 80 valence electrons. The minimum atomic E-state index is -0.273. The first-order valence-corrected chi connectivity index (χ1v) is 4.74. The van der Waals surface area contributed by atoms with Crippen LogP contribution in [-0.2, 0) is 9.53 Å². The second-order valence-electron chi connectivity index (χ2n) is 3.08. The van der Waals surface area contributed by atoms with Gasteiger partial charge in [0.25, 0.3) is 0 Å². The van der Waals surface area contributed by atoms with E-state index in [1.54, 1.807) is 12.1 Å². The van der Waals surface area contributed by atoms with Crippen molar-refractivity contribution in [2.24, 2.45) is 0 Å².